The number of benzene rings is 2. The second-order valence-electron chi connectivity index (χ2n) is 4.33. The molecule has 2 bridgehead atoms. The van der Waals surface area contributed by atoms with Gasteiger partial charge in [0.15, 0.2) is 0 Å². The van der Waals surface area contributed by atoms with Crippen molar-refractivity contribution in [1.29, 1.82) is 0 Å². The molecule has 0 aliphatic heterocycles. The number of rotatable bonds is 0. The van der Waals surface area contributed by atoms with Gasteiger partial charge in [0.25, 0.3) is 0 Å². The zero-order valence-electron chi connectivity index (χ0n) is 9.85. The summed E-state index contributed by atoms with van der Waals surface area (Å²) in [6.45, 7) is 2.19. The molecule has 1 aliphatic carbocycles. The van der Waals surface area contributed by atoms with Crippen molar-refractivity contribution in [3.05, 3.63) is 71.3 Å². The molecule has 82 valence electrons. The van der Waals surface area contributed by atoms with Crippen LogP contribution in [0, 0.1) is 6.92 Å². The third kappa shape index (κ3) is 1.72. The van der Waals surface area contributed by atoms with Gasteiger partial charge in [-0.1, -0.05) is 66.8 Å². The first-order valence-electron chi connectivity index (χ1n) is 5.90. The van der Waals surface area contributed by atoms with E-state index in [4.69, 9.17) is 0 Å². The van der Waals surface area contributed by atoms with E-state index >= 15 is 0 Å². The van der Waals surface area contributed by atoms with Gasteiger partial charge in [-0.05, 0) is 34.7 Å². The summed E-state index contributed by atoms with van der Waals surface area (Å²) in [4.78, 5) is 0. The van der Waals surface area contributed by atoms with Gasteiger partial charge in [0, 0.05) is 0 Å². The molecular formula is C17H14. The fraction of sp³-hybridized carbons (Fsp3) is 0.0588. The lowest BCUT2D eigenvalue weighted by Crippen LogP contribution is -1.88. The van der Waals surface area contributed by atoms with E-state index < -0.39 is 0 Å². The van der Waals surface area contributed by atoms with E-state index in [9.17, 15) is 0 Å². The molecular weight excluding hydrogens is 204 g/mol. The van der Waals surface area contributed by atoms with Crippen molar-refractivity contribution >= 4 is 12.2 Å². The molecule has 0 heterocycles. The molecule has 0 N–H and O–H groups in total. The smallest absolute Gasteiger partial charge is 0.0109 e. The standard InChI is InChI=1S/C17H14/c1-13-14-7-2-3-8-15-9-4-5-11-17(15)16(13)12-6-10-14/h2-12H,1H3/b7-2-,8-3+. The molecule has 1 aliphatic rings. The summed E-state index contributed by atoms with van der Waals surface area (Å²) in [6, 6.07) is 15.0. The Bertz CT molecular complexity index is 616. The number of allylic oxidation sites excluding steroid dienone is 2. The lowest BCUT2D eigenvalue weighted by Gasteiger charge is -2.11. The highest BCUT2D eigenvalue weighted by Crippen LogP contribution is 2.30. The van der Waals surface area contributed by atoms with E-state index in [1.54, 1.807) is 0 Å². The van der Waals surface area contributed by atoms with Crippen LogP contribution in [0.5, 0.6) is 0 Å². The van der Waals surface area contributed by atoms with Gasteiger partial charge in [0.2, 0.25) is 0 Å². The van der Waals surface area contributed by atoms with Crippen molar-refractivity contribution in [2.75, 3.05) is 0 Å². The summed E-state index contributed by atoms with van der Waals surface area (Å²) >= 11 is 0. The molecule has 0 radical (unpaired) electrons. The Kier molecular flexibility index (Phi) is 2.41. The minimum absolute atomic E-state index is 1.28. The van der Waals surface area contributed by atoms with Crippen molar-refractivity contribution in [2.24, 2.45) is 0 Å². The molecule has 0 aromatic heterocycles. The molecule has 0 spiro atoms. The first-order valence-corrected chi connectivity index (χ1v) is 5.90. The number of fused-ring (bicyclic) bond motifs is 4. The van der Waals surface area contributed by atoms with Gasteiger partial charge in [-0.2, -0.15) is 0 Å². The van der Waals surface area contributed by atoms with Crippen LogP contribution in [0.4, 0.5) is 0 Å². The third-order valence-electron chi connectivity index (χ3n) is 3.29. The van der Waals surface area contributed by atoms with Gasteiger partial charge >= 0.3 is 0 Å². The number of hydrogen-bond acceptors (Lipinski definition) is 0. The molecule has 0 saturated heterocycles. The van der Waals surface area contributed by atoms with Crippen LogP contribution in [0.2, 0.25) is 0 Å². The molecule has 0 saturated carbocycles. The first-order chi connectivity index (χ1) is 8.36. The maximum absolute atomic E-state index is 2.20. The fourth-order valence-electron chi connectivity index (χ4n) is 2.33. The lowest BCUT2D eigenvalue weighted by molar-refractivity contribution is 1.43. The predicted molar refractivity (Wildman–Crippen MR) is 74.7 cm³/mol. The Balaban J connectivity index is 2.38. The highest BCUT2D eigenvalue weighted by atomic mass is 14.1. The minimum Gasteiger partial charge on any atom is -0.0616 e. The summed E-state index contributed by atoms with van der Waals surface area (Å²) in [5, 5.41) is 0. The second-order valence-corrected chi connectivity index (χ2v) is 4.33. The van der Waals surface area contributed by atoms with Crippen LogP contribution in [-0.4, -0.2) is 0 Å². The first kappa shape index (κ1) is 10.1. The van der Waals surface area contributed by atoms with Crippen LogP contribution in [0.3, 0.4) is 0 Å². The zero-order valence-corrected chi connectivity index (χ0v) is 9.85. The maximum Gasteiger partial charge on any atom is -0.0109 e. The van der Waals surface area contributed by atoms with Crippen LogP contribution < -0.4 is 0 Å². The molecule has 0 amide bonds. The average Bonchev–Trinajstić information content (AvgIpc) is 2.40. The Labute approximate surface area is 102 Å². The topological polar surface area (TPSA) is 0 Å². The molecule has 0 atom stereocenters. The molecule has 2 aromatic carbocycles. The largest absolute Gasteiger partial charge is 0.0616 e. The Morgan fingerprint density at radius 3 is 2.18 bits per heavy atom. The van der Waals surface area contributed by atoms with E-state index in [0.717, 1.165) is 0 Å². The minimum atomic E-state index is 1.28. The summed E-state index contributed by atoms with van der Waals surface area (Å²) in [7, 11) is 0. The van der Waals surface area contributed by atoms with Gasteiger partial charge in [-0.25, -0.2) is 0 Å². The summed E-state index contributed by atoms with van der Waals surface area (Å²) < 4.78 is 0. The second kappa shape index (κ2) is 4.06. The van der Waals surface area contributed by atoms with Gasteiger partial charge in [-0.3, -0.25) is 0 Å². The van der Waals surface area contributed by atoms with Crippen molar-refractivity contribution in [3.63, 3.8) is 0 Å². The molecule has 0 nitrogen and oxygen atoms in total. The maximum atomic E-state index is 2.20. The van der Waals surface area contributed by atoms with E-state index in [-0.39, 0.29) is 0 Å². The highest BCUT2D eigenvalue weighted by Gasteiger charge is 2.07. The Hall–Kier alpha value is -2.08. The summed E-state index contributed by atoms with van der Waals surface area (Å²) in [5.74, 6) is 0. The summed E-state index contributed by atoms with van der Waals surface area (Å²) in [6.07, 6.45) is 8.55. The molecule has 0 heteroatoms. The van der Waals surface area contributed by atoms with Crippen LogP contribution >= 0.6 is 0 Å². The lowest BCUT2D eigenvalue weighted by atomic mass is 9.93. The molecule has 2 aromatic rings. The van der Waals surface area contributed by atoms with Crippen LogP contribution in [0.1, 0.15) is 16.7 Å². The van der Waals surface area contributed by atoms with Gasteiger partial charge in [-0.15, -0.1) is 0 Å². The van der Waals surface area contributed by atoms with Crippen LogP contribution in [0.25, 0.3) is 23.3 Å². The Morgan fingerprint density at radius 1 is 0.647 bits per heavy atom. The van der Waals surface area contributed by atoms with Crippen molar-refractivity contribution in [2.45, 2.75) is 6.92 Å². The predicted octanol–water partition coefficient (Wildman–Crippen LogP) is 4.70. The SMILES string of the molecule is Cc1c2cccc1-c1ccccc1/C=C/C=C\2. The van der Waals surface area contributed by atoms with Crippen molar-refractivity contribution in [3.8, 4) is 11.1 Å². The third-order valence-corrected chi connectivity index (χ3v) is 3.29. The zero-order chi connectivity index (χ0) is 11.7. The van der Waals surface area contributed by atoms with Crippen molar-refractivity contribution < 1.29 is 0 Å². The van der Waals surface area contributed by atoms with Gasteiger partial charge in [0.05, 0.1) is 0 Å². The molecule has 0 fully saturated rings. The van der Waals surface area contributed by atoms with E-state index in [1.807, 2.05) is 0 Å². The quantitative estimate of drug-likeness (QED) is 0.601. The molecule has 3 rings (SSSR count). The van der Waals surface area contributed by atoms with Crippen molar-refractivity contribution in [1.82, 2.24) is 0 Å². The average molecular weight is 218 g/mol. The van der Waals surface area contributed by atoms with E-state index in [1.165, 1.54) is 27.8 Å². The molecule has 0 unspecified atom stereocenters. The van der Waals surface area contributed by atoms with Crippen LogP contribution in [0.15, 0.2) is 54.6 Å². The van der Waals surface area contributed by atoms with E-state index in [0.29, 0.717) is 0 Å². The van der Waals surface area contributed by atoms with Gasteiger partial charge in [0.1, 0.15) is 0 Å². The Morgan fingerprint density at radius 2 is 1.29 bits per heavy atom. The summed E-state index contributed by atoms with van der Waals surface area (Å²) in [5.41, 5.74) is 6.56. The van der Waals surface area contributed by atoms with E-state index in [2.05, 4.69) is 73.7 Å². The molecule has 17 heavy (non-hydrogen) atoms. The fourth-order valence-corrected chi connectivity index (χ4v) is 2.33. The highest BCUT2D eigenvalue weighted by molar-refractivity contribution is 5.81. The monoisotopic (exact) mass is 218 g/mol. The normalized spacial score (nSPS) is 16.3. The van der Waals surface area contributed by atoms with Crippen LogP contribution in [-0.2, 0) is 0 Å². The van der Waals surface area contributed by atoms with Gasteiger partial charge < -0.3 is 0 Å². The number of hydrogen-bond donors (Lipinski definition) is 0.